The lowest BCUT2D eigenvalue weighted by molar-refractivity contribution is -0.121. The molecule has 2 aromatic heterocycles. The number of hydrogen-bond acceptors (Lipinski definition) is 5. The molecule has 0 bridgehead atoms. The molecule has 0 aliphatic carbocycles. The summed E-state index contributed by atoms with van der Waals surface area (Å²) >= 11 is 0. The Morgan fingerprint density at radius 3 is 2.41 bits per heavy atom. The van der Waals surface area contributed by atoms with Crippen LogP contribution in [0.1, 0.15) is 27.6 Å². The SMILES string of the molecule is Cc1oc(-c2ccccc2)nc1CC(=O)NNC(=O)c1oc2ccccc2c1C. The predicted molar refractivity (Wildman–Crippen MR) is 107 cm³/mol. The highest BCUT2D eigenvalue weighted by atomic mass is 16.4. The van der Waals surface area contributed by atoms with Crippen LogP contribution in [0.2, 0.25) is 0 Å². The minimum atomic E-state index is -0.520. The monoisotopic (exact) mass is 389 g/mol. The number of amides is 2. The van der Waals surface area contributed by atoms with Crippen molar-refractivity contribution in [3.8, 4) is 11.5 Å². The number of nitrogens with one attached hydrogen (secondary N) is 2. The molecule has 0 saturated carbocycles. The lowest BCUT2D eigenvalue weighted by Gasteiger charge is -2.05. The number of aromatic nitrogens is 1. The molecule has 4 aromatic rings. The van der Waals surface area contributed by atoms with Crippen molar-refractivity contribution in [2.24, 2.45) is 0 Å². The van der Waals surface area contributed by atoms with Gasteiger partial charge in [-0.25, -0.2) is 4.98 Å². The number of aryl methyl sites for hydroxylation is 2. The fourth-order valence-electron chi connectivity index (χ4n) is 3.07. The van der Waals surface area contributed by atoms with Crippen molar-refractivity contribution in [2.75, 3.05) is 0 Å². The predicted octanol–water partition coefficient (Wildman–Crippen LogP) is 3.71. The molecule has 0 radical (unpaired) electrons. The van der Waals surface area contributed by atoms with E-state index in [1.54, 1.807) is 19.9 Å². The molecule has 2 heterocycles. The third-order valence-electron chi connectivity index (χ3n) is 4.61. The molecule has 0 aliphatic heterocycles. The van der Waals surface area contributed by atoms with Crippen LogP contribution in [0.5, 0.6) is 0 Å². The van der Waals surface area contributed by atoms with Gasteiger partial charge in [0, 0.05) is 16.5 Å². The molecule has 2 amide bonds. The number of oxazole rings is 1. The van der Waals surface area contributed by atoms with Crippen LogP contribution in [-0.2, 0) is 11.2 Å². The summed E-state index contributed by atoms with van der Waals surface area (Å²) in [6.07, 6.45) is -0.0262. The molecule has 0 aliphatic rings. The van der Waals surface area contributed by atoms with E-state index in [-0.39, 0.29) is 12.2 Å². The first kappa shape index (κ1) is 18.5. The molecule has 146 valence electrons. The second-order valence-corrected chi connectivity index (χ2v) is 6.62. The second-order valence-electron chi connectivity index (χ2n) is 6.62. The number of hydrogen-bond donors (Lipinski definition) is 2. The first-order valence-corrected chi connectivity index (χ1v) is 9.12. The maximum Gasteiger partial charge on any atom is 0.305 e. The summed E-state index contributed by atoms with van der Waals surface area (Å²) in [4.78, 5) is 29.0. The minimum absolute atomic E-state index is 0.0262. The quantitative estimate of drug-likeness (QED) is 0.519. The third-order valence-corrected chi connectivity index (χ3v) is 4.61. The molecule has 0 atom stereocenters. The second kappa shape index (κ2) is 7.63. The first-order valence-electron chi connectivity index (χ1n) is 9.12. The highest BCUT2D eigenvalue weighted by Gasteiger charge is 2.19. The number of hydrazine groups is 1. The Labute approximate surface area is 166 Å². The van der Waals surface area contributed by atoms with Crippen LogP contribution in [0.3, 0.4) is 0 Å². The van der Waals surface area contributed by atoms with Crippen LogP contribution >= 0.6 is 0 Å². The van der Waals surface area contributed by atoms with E-state index in [9.17, 15) is 9.59 Å². The Hall–Kier alpha value is -3.87. The van der Waals surface area contributed by atoms with E-state index in [0.29, 0.717) is 28.5 Å². The van der Waals surface area contributed by atoms with Gasteiger partial charge in [-0.2, -0.15) is 0 Å². The summed E-state index contributed by atoms with van der Waals surface area (Å²) in [6, 6.07) is 16.8. The molecule has 0 saturated heterocycles. The number of fused-ring (bicyclic) bond motifs is 1. The normalized spacial score (nSPS) is 10.8. The molecule has 4 rings (SSSR count). The fraction of sp³-hybridized carbons (Fsp3) is 0.136. The Bertz CT molecular complexity index is 1190. The molecule has 0 spiro atoms. The smallest absolute Gasteiger partial charge is 0.305 e. The van der Waals surface area contributed by atoms with Gasteiger partial charge in [0.1, 0.15) is 11.3 Å². The van der Waals surface area contributed by atoms with Crippen molar-refractivity contribution in [1.82, 2.24) is 15.8 Å². The van der Waals surface area contributed by atoms with Crippen LogP contribution in [0.4, 0.5) is 0 Å². The summed E-state index contributed by atoms with van der Waals surface area (Å²) in [5.74, 6) is 0.235. The topological polar surface area (TPSA) is 97.4 Å². The van der Waals surface area contributed by atoms with Gasteiger partial charge in [-0.1, -0.05) is 36.4 Å². The maximum atomic E-state index is 12.4. The Morgan fingerprint density at radius 2 is 1.66 bits per heavy atom. The molecule has 7 nitrogen and oxygen atoms in total. The number of rotatable bonds is 4. The first-order chi connectivity index (χ1) is 14.0. The van der Waals surface area contributed by atoms with Gasteiger partial charge < -0.3 is 8.83 Å². The molecular formula is C22H19N3O4. The van der Waals surface area contributed by atoms with Crippen molar-refractivity contribution in [1.29, 1.82) is 0 Å². The summed E-state index contributed by atoms with van der Waals surface area (Å²) < 4.78 is 11.2. The fourth-order valence-corrected chi connectivity index (χ4v) is 3.07. The maximum absolute atomic E-state index is 12.4. The van der Waals surface area contributed by atoms with Crippen LogP contribution in [-0.4, -0.2) is 16.8 Å². The Balaban J connectivity index is 1.41. The average molecular weight is 389 g/mol. The number of para-hydroxylation sites is 1. The van der Waals surface area contributed by atoms with Gasteiger partial charge in [-0.15, -0.1) is 0 Å². The average Bonchev–Trinajstić information content (AvgIpc) is 3.27. The van der Waals surface area contributed by atoms with Gasteiger partial charge in [0.15, 0.2) is 5.76 Å². The van der Waals surface area contributed by atoms with Crippen molar-refractivity contribution in [3.05, 3.63) is 77.4 Å². The number of carbonyl (C=O) groups is 2. The van der Waals surface area contributed by atoms with E-state index in [1.165, 1.54) is 0 Å². The van der Waals surface area contributed by atoms with E-state index >= 15 is 0 Å². The molecule has 2 aromatic carbocycles. The number of nitrogens with zero attached hydrogens (tertiary/aromatic N) is 1. The summed E-state index contributed by atoms with van der Waals surface area (Å²) in [6.45, 7) is 3.55. The van der Waals surface area contributed by atoms with Gasteiger partial charge in [0.2, 0.25) is 11.8 Å². The van der Waals surface area contributed by atoms with E-state index in [4.69, 9.17) is 8.83 Å². The summed E-state index contributed by atoms with van der Waals surface area (Å²) in [7, 11) is 0. The van der Waals surface area contributed by atoms with Crippen LogP contribution in [0.25, 0.3) is 22.4 Å². The van der Waals surface area contributed by atoms with Gasteiger partial charge in [-0.05, 0) is 32.0 Å². The van der Waals surface area contributed by atoms with Gasteiger partial charge in [-0.3, -0.25) is 20.4 Å². The summed E-state index contributed by atoms with van der Waals surface area (Å²) in [5.41, 5.74) is 7.46. The van der Waals surface area contributed by atoms with E-state index in [2.05, 4.69) is 15.8 Å². The lowest BCUT2D eigenvalue weighted by Crippen LogP contribution is -2.42. The molecule has 29 heavy (non-hydrogen) atoms. The molecule has 7 heteroatoms. The van der Waals surface area contributed by atoms with Gasteiger partial charge in [0.25, 0.3) is 0 Å². The Morgan fingerprint density at radius 1 is 0.931 bits per heavy atom. The van der Waals surface area contributed by atoms with Crippen LogP contribution in [0, 0.1) is 13.8 Å². The number of carbonyl (C=O) groups excluding carboxylic acids is 2. The van der Waals surface area contributed by atoms with Crippen molar-refractivity contribution in [3.63, 3.8) is 0 Å². The molecular weight excluding hydrogens is 370 g/mol. The zero-order valence-electron chi connectivity index (χ0n) is 16.0. The Kier molecular flexibility index (Phi) is 4.87. The number of furan rings is 1. The minimum Gasteiger partial charge on any atom is -0.451 e. The van der Waals surface area contributed by atoms with Crippen LogP contribution < -0.4 is 10.9 Å². The molecule has 2 N–H and O–H groups in total. The zero-order valence-corrected chi connectivity index (χ0v) is 16.0. The van der Waals surface area contributed by atoms with Crippen molar-refractivity contribution in [2.45, 2.75) is 20.3 Å². The molecule has 0 fully saturated rings. The zero-order chi connectivity index (χ0) is 20.4. The standard InChI is InChI=1S/C22H19N3O4/c1-13-16-10-6-7-11-18(16)29-20(13)21(27)25-24-19(26)12-17-14(2)28-22(23-17)15-8-4-3-5-9-15/h3-11H,12H2,1-2H3,(H,24,26)(H,25,27). The van der Waals surface area contributed by atoms with E-state index in [0.717, 1.165) is 10.9 Å². The highest BCUT2D eigenvalue weighted by Crippen LogP contribution is 2.24. The van der Waals surface area contributed by atoms with Gasteiger partial charge >= 0.3 is 5.91 Å². The van der Waals surface area contributed by atoms with Gasteiger partial charge in [0.05, 0.1) is 12.1 Å². The van der Waals surface area contributed by atoms with E-state index in [1.807, 2.05) is 48.5 Å². The van der Waals surface area contributed by atoms with Crippen LogP contribution in [0.15, 0.2) is 63.4 Å². The molecule has 0 unspecified atom stereocenters. The van der Waals surface area contributed by atoms with Crippen molar-refractivity contribution >= 4 is 22.8 Å². The summed E-state index contributed by atoms with van der Waals surface area (Å²) in [5, 5.41) is 0.857. The number of benzene rings is 2. The lowest BCUT2D eigenvalue weighted by atomic mass is 10.1. The highest BCUT2D eigenvalue weighted by molar-refractivity contribution is 5.99. The van der Waals surface area contributed by atoms with E-state index < -0.39 is 11.8 Å². The largest absolute Gasteiger partial charge is 0.451 e. The third kappa shape index (κ3) is 3.75. The van der Waals surface area contributed by atoms with Crippen molar-refractivity contribution < 1.29 is 18.4 Å².